The van der Waals surface area contributed by atoms with Gasteiger partial charge in [-0.05, 0) is 47.8 Å². The summed E-state index contributed by atoms with van der Waals surface area (Å²) in [6.45, 7) is 0. The maximum absolute atomic E-state index is 12.7. The van der Waals surface area contributed by atoms with E-state index in [9.17, 15) is 13.2 Å². The number of halogens is 6. The summed E-state index contributed by atoms with van der Waals surface area (Å²) in [5, 5.41) is 0. The van der Waals surface area contributed by atoms with E-state index in [1.165, 1.54) is 0 Å². The van der Waals surface area contributed by atoms with Crippen LogP contribution < -0.4 is 0 Å². The van der Waals surface area contributed by atoms with E-state index in [1.54, 1.807) is 0 Å². The molecule has 0 aromatic heterocycles. The van der Waals surface area contributed by atoms with Crippen molar-refractivity contribution in [3.8, 4) is 0 Å². The molecule has 0 saturated heterocycles. The molecule has 12 heavy (non-hydrogen) atoms. The molecule has 0 nitrogen and oxygen atoms in total. The zero-order valence-corrected chi connectivity index (χ0v) is 10.0. The molecular formula is C6Br3F3. The summed E-state index contributed by atoms with van der Waals surface area (Å²) < 4.78 is 37.9. The van der Waals surface area contributed by atoms with E-state index >= 15 is 0 Å². The molecule has 0 aliphatic carbocycles. The average Bonchev–Trinajstić information content (AvgIpc) is 2.08. The van der Waals surface area contributed by atoms with Crippen molar-refractivity contribution in [2.24, 2.45) is 0 Å². The highest BCUT2D eigenvalue weighted by molar-refractivity contribution is 9.14. The van der Waals surface area contributed by atoms with Crippen LogP contribution in [0.1, 0.15) is 0 Å². The van der Waals surface area contributed by atoms with E-state index < -0.39 is 17.5 Å². The number of rotatable bonds is 0. The molecule has 0 atom stereocenters. The van der Waals surface area contributed by atoms with Crippen molar-refractivity contribution in [3.63, 3.8) is 0 Å². The van der Waals surface area contributed by atoms with Crippen LogP contribution in [0.15, 0.2) is 13.4 Å². The molecule has 1 rings (SSSR count). The van der Waals surface area contributed by atoms with Gasteiger partial charge in [0.2, 0.25) is 0 Å². The Morgan fingerprint density at radius 1 is 0.583 bits per heavy atom. The fourth-order valence-corrected chi connectivity index (χ4v) is 1.94. The van der Waals surface area contributed by atoms with Crippen LogP contribution in [-0.2, 0) is 0 Å². The van der Waals surface area contributed by atoms with E-state index in [4.69, 9.17) is 0 Å². The van der Waals surface area contributed by atoms with Gasteiger partial charge in [0.05, 0.1) is 13.4 Å². The Morgan fingerprint density at radius 2 is 0.917 bits per heavy atom. The molecule has 0 saturated carbocycles. The van der Waals surface area contributed by atoms with Gasteiger partial charge in [-0.15, -0.1) is 0 Å². The van der Waals surface area contributed by atoms with Crippen LogP contribution >= 0.6 is 47.8 Å². The second-order valence-electron chi connectivity index (χ2n) is 1.88. The summed E-state index contributed by atoms with van der Waals surface area (Å²) in [4.78, 5) is 0. The highest BCUT2D eigenvalue weighted by Crippen LogP contribution is 2.36. The van der Waals surface area contributed by atoms with Gasteiger partial charge in [-0.1, -0.05) is 0 Å². The smallest absolute Gasteiger partial charge is 0.196 e. The van der Waals surface area contributed by atoms with Crippen molar-refractivity contribution in [2.75, 3.05) is 0 Å². The Balaban J connectivity index is 3.60. The lowest BCUT2D eigenvalue weighted by atomic mass is 10.3. The standard InChI is InChI=1S/C6Br3F3/c7-1-2(8)4(10)6(12)5(11)3(1)9. The maximum Gasteiger partial charge on any atom is 0.196 e. The Hall–Kier alpha value is 0.450. The molecule has 66 valence electrons. The minimum Gasteiger partial charge on any atom is -0.202 e. The predicted octanol–water partition coefficient (Wildman–Crippen LogP) is 4.39. The zero-order valence-electron chi connectivity index (χ0n) is 5.27. The van der Waals surface area contributed by atoms with E-state index in [2.05, 4.69) is 47.8 Å². The molecule has 0 aliphatic heterocycles. The molecule has 0 unspecified atom stereocenters. The monoisotopic (exact) mass is 366 g/mol. The molecule has 0 heterocycles. The van der Waals surface area contributed by atoms with Crippen LogP contribution in [0.25, 0.3) is 0 Å². The molecule has 1 aromatic carbocycles. The zero-order chi connectivity index (χ0) is 9.46. The highest BCUT2D eigenvalue weighted by Gasteiger charge is 2.20. The molecule has 6 heteroatoms. The second-order valence-corrected chi connectivity index (χ2v) is 4.26. The normalized spacial score (nSPS) is 10.5. The van der Waals surface area contributed by atoms with Gasteiger partial charge in [0.25, 0.3) is 0 Å². The molecule has 0 spiro atoms. The highest BCUT2D eigenvalue weighted by atomic mass is 79.9. The third kappa shape index (κ3) is 1.56. The molecule has 1 aromatic rings. The summed E-state index contributed by atoms with van der Waals surface area (Å²) in [5.74, 6) is -4.00. The Kier molecular flexibility index (Phi) is 3.22. The van der Waals surface area contributed by atoms with E-state index in [1.807, 2.05) is 0 Å². The van der Waals surface area contributed by atoms with E-state index in [-0.39, 0.29) is 13.4 Å². The topological polar surface area (TPSA) is 0 Å². The van der Waals surface area contributed by atoms with Crippen molar-refractivity contribution in [1.82, 2.24) is 0 Å². The first kappa shape index (κ1) is 10.5. The van der Waals surface area contributed by atoms with Gasteiger partial charge in [0.15, 0.2) is 17.5 Å². The van der Waals surface area contributed by atoms with Crippen molar-refractivity contribution in [3.05, 3.63) is 30.9 Å². The summed E-state index contributed by atoms with van der Waals surface area (Å²) >= 11 is 8.39. The lowest BCUT2D eigenvalue weighted by Crippen LogP contribution is -1.94. The predicted molar refractivity (Wildman–Crippen MR) is 49.4 cm³/mol. The van der Waals surface area contributed by atoms with Crippen LogP contribution in [0, 0.1) is 17.5 Å². The molecule has 0 fully saturated rings. The summed E-state index contributed by atoms with van der Waals surface area (Å²) in [5.41, 5.74) is 0. The largest absolute Gasteiger partial charge is 0.202 e. The van der Waals surface area contributed by atoms with Crippen LogP contribution in [-0.4, -0.2) is 0 Å². The van der Waals surface area contributed by atoms with Crippen LogP contribution in [0.4, 0.5) is 13.2 Å². The lowest BCUT2D eigenvalue weighted by Gasteiger charge is -2.03. The second kappa shape index (κ2) is 3.67. The van der Waals surface area contributed by atoms with Crippen molar-refractivity contribution >= 4 is 47.8 Å². The first-order valence-electron chi connectivity index (χ1n) is 2.63. The fourth-order valence-electron chi connectivity index (χ4n) is 0.578. The Bertz CT molecular complexity index is 232. The molecule has 0 bridgehead atoms. The van der Waals surface area contributed by atoms with Crippen molar-refractivity contribution in [1.29, 1.82) is 0 Å². The van der Waals surface area contributed by atoms with Gasteiger partial charge in [-0.2, -0.15) is 0 Å². The minimum atomic E-state index is -1.50. The van der Waals surface area contributed by atoms with E-state index in [0.717, 1.165) is 0 Å². The number of hydrogen-bond acceptors (Lipinski definition) is 0. The maximum atomic E-state index is 12.7. The van der Waals surface area contributed by atoms with Crippen LogP contribution in [0.2, 0.25) is 0 Å². The quantitative estimate of drug-likeness (QED) is 0.470. The summed E-state index contributed by atoms with van der Waals surface area (Å²) in [7, 11) is 0. The molecule has 0 amide bonds. The van der Waals surface area contributed by atoms with Gasteiger partial charge in [0.1, 0.15) is 0 Å². The number of hydrogen-bond donors (Lipinski definition) is 0. The molecule has 0 radical (unpaired) electrons. The van der Waals surface area contributed by atoms with Crippen molar-refractivity contribution in [2.45, 2.75) is 0 Å². The van der Waals surface area contributed by atoms with Gasteiger partial charge in [0, 0.05) is 0 Å². The lowest BCUT2D eigenvalue weighted by molar-refractivity contribution is 0.440. The summed E-state index contributed by atoms with van der Waals surface area (Å²) in [6.07, 6.45) is 0. The van der Waals surface area contributed by atoms with Gasteiger partial charge in [-0.3, -0.25) is 0 Å². The first-order valence-corrected chi connectivity index (χ1v) is 5.01. The minimum absolute atomic E-state index is 0.110. The molecule has 0 aliphatic rings. The SMILES string of the molecule is Fc1c(F)c(Br)c(Br)c(Br)c1F. The Morgan fingerprint density at radius 3 is 1.25 bits per heavy atom. The fraction of sp³-hybridized carbons (Fsp3) is 0. The van der Waals surface area contributed by atoms with E-state index in [0.29, 0.717) is 0 Å². The van der Waals surface area contributed by atoms with Gasteiger partial charge in [-0.25, -0.2) is 13.2 Å². The van der Waals surface area contributed by atoms with Gasteiger partial charge >= 0.3 is 0 Å². The average molecular weight is 369 g/mol. The third-order valence-electron chi connectivity index (χ3n) is 1.16. The molecular weight excluding hydrogens is 369 g/mol. The van der Waals surface area contributed by atoms with Gasteiger partial charge < -0.3 is 0 Å². The number of benzene rings is 1. The molecule has 0 N–H and O–H groups in total. The summed E-state index contributed by atoms with van der Waals surface area (Å²) in [6, 6.07) is 0. The Labute approximate surface area is 91.5 Å². The van der Waals surface area contributed by atoms with Crippen LogP contribution in [0.5, 0.6) is 0 Å². The first-order chi connectivity index (χ1) is 5.46. The third-order valence-corrected chi connectivity index (χ3v) is 4.50. The van der Waals surface area contributed by atoms with Crippen molar-refractivity contribution < 1.29 is 13.2 Å². The van der Waals surface area contributed by atoms with Crippen LogP contribution in [0.3, 0.4) is 0 Å².